The molecule has 0 radical (unpaired) electrons. The summed E-state index contributed by atoms with van der Waals surface area (Å²) in [5.41, 5.74) is 0.606. The molecule has 0 aromatic carbocycles. The topological polar surface area (TPSA) is 101 Å². The Morgan fingerprint density at radius 3 is 2.69 bits per heavy atom. The van der Waals surface area contributed by atoms with E-state index >= 15 is 0 Å². The van der Waals surface area contributed by atoms with E-state index < -0.39 is 5.97 Å². The third kappa shape index (κ3) is 3.40. The average molecular weight is 405 g/mol. The highest BCUT2D eigenvalue weighted by molar-refractivity contribution is 5.89. The highest BCUT2D eigenvalue weighted by atomic mass is 16.5. The Bertz CT molecular complexity index is 978. The Labute approximate surface area is 168 Å². The van der Waals surface area contributed by atoms with Gasteiger partial charge in [0.2, 0.25) is 11.7 Å². The lowest BCUT2D eigenvalue weighted by molar-refractivity contribution is 0.0583. The van der Waals surface area contributed by atoms with Crippen LogP contribution in [0.25, 0.3) is 11.2 Å². The molecule has 4 heterocycles. The van der Waals surface area contributed by atoms with E-state index in [0.717, 1.165) is 19.4 Å². The highest BCUT2D eigenvalue weighted by Gasteiger charge is 2.32. The van der Waals surface area contributed by atoms with Crippen LogP contribution in [-0.4, -0.2) is 76.0 Å². The molecule has 10 heteroatoms. The van der Waals surface area contributed by atoms with Crippen molar-refractivity contribution in [3.05, 3.63) is 16.3 Å². The molecule has 3 atom stereocenters. The number of aryl methyl sites for hydroxylation is 1. The minimum Gasteiger partial charge on any atom is -0.471 e. The molecule has 2 fully saturated rings. The van der Waals surface area contributed by atoms with Crippen LogP contribution in [0.15, 0.2) is 4.79 Å². The Morgan fingerprint density at radius 1 is 1.28 bits per heavy atom. The number of aromatic nitrogens is 4. The van der Waals surface area contributed by atoms with E-state index in [4.69, 9.17) is 14.2 Å². The molecule has 2 aromatic heterocycles. The van der Waals surface area contributed by atoms with Crippen LogP contribution in [0.5, 0.6) is 5.88 Å². The number of carbonyl (C=O) groups excluding carboxylic acids is 1. The standard InChI is InChI=1S/C19H27N5O5/c1-11(13-6-5-8-22(13)2)29-17-14-16(20-15(21-17)18(25)27-4)24(19(26)23(14)3)12-7-9-28-10-12/h11-13H,5-10H2,1-4H3/t11-,12+,13-/m0/s1. The van der Waals surface area contributed by atoms with Crippen molar-refractivity contribution in [3.8, 4) is 5.88 Å². The number of rotatable bonds is 5. The number of imidazole rings is 1. The van der Waals surface area contributed by atoms with E-state index in [1.165, 1.54) is 11.7 Å². The van der Waals surface area contributed by atoms with Gasteiger partial charge in [-0.05, 0) is 39.8 Å². The lowest BCUT2D eigenvalue weighted by atomic mass is 10.1. The van der Waals surface area contributed by atoms with Crippen LogP contribution in [0, 0.1) is 0 Å². The van der Waals surface area contributed by atoms with Gasteiger partial charge in [-0.1, -0.05) is 0 Å². The average Bonchev–Trinajstić information content (AvgIpc) is 3.42. The van der Waals surface area contributed by atoms with E-state index in [1.807, 2.05) is 6.92 Å². The normalized spacial score (nSPS) is 23.6. The molecule has 0 aliphatic carbocycles. The van der Waals surface area contributed by atoms with Crippen LogP contribution in [0.1, 0.15) is 42.8 Å². The second-order valence-corrected chi connectivity index (χ2v) is 7.76. The Balaban J connectivity index is 1.84. The van der Waals surface area contributed by atoms with Gasteiger partial charge in [-0.2, -0.15) is 4.98 Å². The summed E-state index contributed by atoms with van der Waals surface area (Å²) < 4.78 is 19.6. The molecule has 10 nitrogen and oxygen atoms in total. The number of likely N-dealkylation sites (N-methyl/N-ethyl adjacent to an activating group) is 1. The van der Waals surface area contributed by atoms with Crippen molar-refractivity contribution < 1.29 is 19.0 Å². The second kappa shape index (κ2) is 7.75. The van der Waals surface area contributed by atoms with E-state index in [9.17, 15) is 9.59 Å². The van der Waals surface area contributed by atoms with Crippen molar-refractivity contribution in [2.75, 3.05) is 33.9 Å². The van der Waals surface area contributed by atoms with Crippen LogP contribution in [0.4, 0.5) is 0 Å². The summed E-state index contributed by atoms with van der Waals surface area (Å²) in [6, 6.07) is 0.0989. The summed E-state index contributed by atoms with van der Waals surface area (Å²) in [6.45, 7) is 4.01. The maximum Gasteiger partial charge on any atom is 0.376 e. The first-order chi connectivity index (χ1) is 13.9. The van der Waals surface area contributed by atoms with Crippen molar-refractivity contribution in [2.45, 2.75) is 44.4 Å². The van der Waals surface area contributed by atoms with Crippen LogP contribution in [0.2, 0.25) is 0 Å². The number of hydrogen-bond donors (Lipinski definition) is 0. The lowest BCUT2D eigenvalue weighted by Crippen LogP contribution is -2.38. The van der Waals surface area contributed by atoms with Crippen molar-refractivity contribution in [1.29, 1.82) is 0 Å². The first kappa shape index (κ1) is 19.8. The van der Waals surface area contributed by atoms with Gasteiger partial charge in [0.25, 0.3) is 0 Å². The van der Waals surface area contributed by atoms with Gasteiger partial charge in [-0.3, -0.25) is 14.0 Å². The molecule has 0 N–H and O–H groups in total. The minimum atomic E-state index is -0.673. The minimum absolute atomic E-state index is 0.125. The number of fused-ring (bicyclic) bond motifs is 1. The predicted molar refractivity (Wildman–Crippen MR) is 104 cm³/mol. The predicted octanol–water partition coefficient (Wildman–Crippen LogP) is 0.740. The number of ether oxygens (including phenoxy) is 3. The number of nitrogens with zero attached hydrogens (tertiary/aromatic N) is 5. The second-order valence-electron chi connectivity index (χ2n) is 7.76. The molecule has 0 unspecified atom stereocenters. The highest BCUT2D eigenvalue weighted by Crippen LogP contribution is 2.29. The fourth-order valence-corrected chi connectivity index (χ4v) is 4.34. The van der Waals surface area contributed by atoms with Gasteiger partial charge in [0, 0.05) is 19.7 Å². The monoisotopic (exact) mass is 405 g/mol. The Morgan fingerprint density at radius 2 is 2.07 bits per heavy atom. The van der Waals surface area contributed by atoms with E-state index in [1.54, 1.807) is 11.6 Å². The first-order valence-electron chi connectivity index (χ1n) is 9.94. The molecule has 0 bridgehead atoms. The summed E-state index contributed by atoms with van der Waals surface area (Å²) in [6.07, 6.45) is 2.67. The number of carbonyl (C=O) groups is 1. The van der Waals surface area contributed by atoms with Crippen molar-refractivity contribution >= 4 is 17.1 Å². The van der Waals surface area contributed by atoms with Gasteiger partial charge in [0.05, 0.1) is 19.8 Å². The molecule has 2 aromatic rings. The van der Waals surface area contributed by atoms with Crippen LogP contribution in [-0.2, 0) is 16.5 Å². The number of hydrogen-bond acceptors (Lipinski definition) is 8. The van der Waals surface area contributed by atoms with Gasteiger partial charge in [0.15, 0.2) is 11.2 Å². The van der Waals surface area contributed by atoms with Crippen molar-refractivity contribution in [2.24, 2.45) is 7.05 Å². The number of methoxy groups -OCH3 is 1. The molecule has 2 aliphatic heterocycles. The molecule has 0 amide bonds. The SMILES string of the molecule is COC(=O)c1nc(O[C@@H](C)[C@@H]2CCCN2C)c2c(n1)n([C@@H]1CCOC1)c(=O)n2C. The molecule has 4 rings (SSSR count). The quantitative estimate of drug-likeness (QED) is 0.672. The van der Waals surface area contributed by atoms with Crippen molar-refractivity contribution in [3.63, 3.8) is 0 Å². The molecule has 158 valence electrons. The molecular formula is C19H27N5O5. The molecule has 0 saturated carbocycles. The van der Waals surface area contributed by atoms with Gasteiger partial charge in [-0.15, -0.1) is 0 Å². The zero-order chi connectivity index (χ0) is 20.7. The maximum absolute atomic E-state index is 13.0. The summed E-state index contributed by atoms with van der Waals surface area (Å²) in [5, 5.41) is 0. The third-order valence-electron chi connectivity index (χ3n) is 5.95. The summed E-state index contributed by atoms with van der Waals surface area (Å²) in [4.78, 5) is 36.1. The van der Waals surface area contributed by atoms with Crippen LogP contribution < -0.4 is 10.4 Å². The van der Waals surface area contributed by atoms with Gasteiger partial charge in [0.1, 0.15) is 6.10 Å². The zero-order valence-corrected chi connectivity index (χ0v) is 17.3. The van der Waals surface area contributed by atoms with Crippen LogP contribution in [0.3, 0.4) is 0 Å². The molecule has 2 aliphatic rings. The largest absolute Gasteiger partial charge is 0.471 e. The maximum atomic E-state index is 13.0. The fraction of sp³-hybridized carbons (Fsp3) is 0.684. The Hall–Kier alpha value is -2.46. The summed E-state index contributed by atoms with van der Waals surface area (Å²) in [7, 11) is 5.01. The van der Waals surface area contributed by atoms with Gasteiger partial charge < -0.3 is 14.2 Å². The zero-order valence-electron chi connectivity index (χ0n) is 17.3. The van der Waals surface area contributed by atoms with Crippen LogP contribution >= 0.6 is 0 Å². The number of likely N-dealkylation sites (tertiary alicyclic amines) is 1. The molecule has 29 heavy (non-hydrogen) atoms. The van der Waals surface area contributed by atoms with E-state index in [2.05, 4.69) is 21.9 Å². The fourth-order valence-electron chi connectivity index (χ4n) is 4.34. The van der Waals surface area contributed by atoms with E-state index in [-0.39, 0.29) is 35.6 Å². The number of esters is 1. The van der Waals surface area contributed by atoms with Gasteiger partial charge in [-0.25, -0.2) is 14.6 Å². The van der Waals surface area contributed by atoms with E-state index in [0.29, 0.717) is 30.8 Å². The van der Waals surface area contributed by atoms with Gasteiger partial charge >= 0.3 is 11.7 Å². The first-order valence-corrected chi connectivity index (χ1v) is 9.94. The molecular weight excluding hydrogens is 378 g/mol. The third-order valence-corrected chi connectivity index (χ3v) is 5.95. The Kier molecular flexibility index (Phi) is 5.30. The molecule has 0 spiro atoms. The lowest BCUT2D eigenvalue weighted by Gasteiger charge is -2.26. The smallest absolute Gasteiger partial charge is 0.376 e. The summed E-state index contributed by atoms with van der Waals surface area (Å²) in [5.74, 6) is -0.575. The molecule has 2 saturated heterocycles. The summed E-state index contributed by atoms with van der Waals surface area (Å²) >= 11 is 0. The van der Waals surface area contributed by atoms with Crippen molar-refractivity contribution in [1.82, 2.24) is 24.0 Å².